The van der Waals surface area contributed by atoms with Crippen LogP contribution in [0.3, 0.4) is 0 Å². The Hall–Kier alpha value is -0.925. The lowest BCUT2D eigenvalue weighted by Gasteiger charge is -2.10. The molecule has 0 aromatic heterocycles. The van der Waals surface area contributed by atoms with Gasteiger partial charge in [-0.1, -0.05) is 23.2 Å². The molecule has 0 amide bonds. The maximum Gasteiger partial charge on any atom is 0.415 e. The second-order valence-corrected chi connectivity index (χ2v) is 2.59. The zero-order valence-corrected chi connectivity index (χ0v) is 6.44. The molecule has 0 spiro atoms. The zero-order chi connectivity index (χ0) is 9.35. The van der Waals surface area contributed by atoms with Crippen molar-refractivity contribution < 1.29 is 13.2 Å². The first kappa shape index (κ1) is 9.17. The molecule has 0 saturated carbocycles. The lowest BCUT2D eigenvalue weighted by molar-refractivity contribution is -0.136. The molecule has 1 rings (SSSR count). The van der Waals surface area contributed by atoms with Crippen molar-refractivity contribution >= 4 is 13.3 Å². The smallest absolute Gasteiger partial charge is 0.166 e. The average molecular weight is 170 g/mol. The van der Waals surface area contributed by atoms with E-state index in [1.807, 2.05) is 0 Å². The SMILES string of the molecule is [B]c1ccc(C)cc1C(F)(F)F. The summed E-state index contributed by atoms with van der Waals surface area (Å²) in [5.74, 6) is 0. The topological polar surface area (TPSA) is 0 Å². The van der Waals surface area contributed by atoms with Crippen LogP contribution >= 0.6 is 0 Å². The standard InChI is InChI=1S/C8H6BF3/c1-5-2-3-7(9)6(4-5)8(10,11)12/h2-4H,1H3. The van der Waals surface area contributed by atoms with Crippen molar-refractivity contribution in [2.24, 2.45) is 0 Å². The van der Waals surface area contributed by atoms with Crippen molar-refractivity contribution in [3.05, 3.63) is 29.3 Å². The van der Waals surface area contributed by atoms with E-state index < -0.39 is 11.7 Å². The third kappa shape index (κ3) is 1.81. The van der Waals surface area contributed by atoms with E-state index in [1.165, 1.54) is 6.07 Å². The van der Waals surface area contributed by atoms with Gasteiger partial charge in [-0.25, -0.2) is 0 Å². The van der Waals surface area contributed by atoms with Crippen LogP contribution in [0.15, 0.2) is 18.2 Å². The van der Waals surface area contributed by atoms with Crippen LogP contribution in [-0.2, 0) is 6.18 Å². The van der Waals surface area contributed by atoms with E-state index in [0.717, 1.165) is 6.07 Å². The highest BCUT2D eigenvalue weighted by molar-refractivity contribution is 6.33. The maximum atomic E-state index is 12.1. The quantitative estimate of drug-likeness (QED) is 0.520. The summed E-state index contributed by atoms with van der Waals surface area (Å²) in [5.41, 5.74) is -0.438. The predicted octanol–water partition coefficient (Wildman–Crippen LogP) is 1.81. The first-order chi connectivity index (χ1) is 5.41. The molecule has 0 saturated heterocycles. The van der Waals surface area contributed by atoms with E-state index >= 15 is 0 Å². The molecule has 0 bridgehead atoms. The van der Waals surface area contributed by atoms with Gasteiger partial charge in [-0.15, -0.1) is 0 Å². The Bertz CT molecular complexity index is 291. The Morgan fingerprint density at radius 3 is 2.25 bits per heavy atom. The predicted molar refractivity (Wildman–Crippen MR) is 41.6 cm³/mol. The lowest BCUT2D eigenvalue weighted by atomic mass is 9.89. The number of benzene rings is 1. The highest BCUT2D eigenvalue weighted by Gasteiger charge is 2.31. The number of rotatable bonds is 0. The Morgan fingerprint density at radius 2 is 1.83 bits per heavy atom. The Balaban J connectivity index is 3.23. The van der Waals surface area contributed by atoms with Crippen LogP contribution in [0.4, 0.5) is 13.2 Å². The molecule has 1 aromatic rings. The van der Waals surface area contributed by atoms with E-state index in [1.54, 1.807) is 13.0 Å². The Kier molecular flexibility index (Phi) is 2.17. The summed E-state index contributed by atoms with van der Waals surface area (Å²) in [6.45, 7) is 1.59. The molecule has 0 fully saturated rings. The number of halogens is 3. The molecule has 0 aliphatic heterocycles. The van der Waals surface area contributed by atoms with Crippen molar-refractivity contribution in [3.8, 4) is 0 Å². The molecular weight excluding hydrogens is 164 g/mol. The molecule has 0 nitrogen and oxygen atoms in total. The van der Waals surface area contributed by atoms with Gasteiger partial charge in [-0.3, -0.25) is 0 Å². The van der Waals surface area contributed by atoms with Crippen LogP contribution in [-0.4, -0.2) is 7.85 Å². The van der Waals surface area contributed by atoms with Gasteiger partial charge in [-0.05, 0) is 13.0 Å². The van der Waals surface area contributed by atoms with Gasteiger partial charge in [0.2, 0.25) is 0 Å². The summed E-state index contributed by atoms with van der Waals surface area (Å²) >= 11 is 0. The molecule has 0 heterocycles. The van der Waals surface area contributed by atoms with Crippen molar-refractivity contribution in [2.45, 2.75) is 13.1 Å². The Labute approximate surface area is 69.8 Å². The second-order valence-electron chi connectivity index (χ2n) is 2.59. The highest BCUT2D eigenvalue weighted by Crippen LogP contribution is 2.27. The van der Waals surface area contributed by atoms with Gasteiger partial charge in [-0.2, -0.15) is 13.2 Å². The van der Waals surface area contributed by atoms with E-state index in [4.69, 9.17) is 7.85 Å². The van der Waals surface area contributed by atoms with Gasteiger partial charge in [0, 0.05) is 5.56 Å². The Morgan fingerprint density at radius 1 is 1.25 bits per heavy atom. The summed E-state index contributed by atoms with van der Waals surface area (Å²) in [5, 5.41) is 0. The first-order valence-electron chi connectivity index (χ1n) is 3.34. The maximum absolute atomic E-state index is 12.1. The van der Waals surface area contributed by atoms with Crippen LogP contribution in [0.2, 0.25) is 0 Å². The number of hydrogen-bond acceptors (Lipinski definition) is 0. The van der Waals surface area contributed by atoms with Gasteiger partial charge in [0.1, 0.15) is 7.85 Å². The number of hydrogen-bond donors (Lipinski definition) is 0. The third-order valence-corrected chi connectivity index (χ3v) is 1.51. The van der Waals surface area contributed by atoms with Crippen LogP contribution in [0.25, 0.3) is 0 Å². The van der Waals surface area contributed by atoms with Crippen molar-refractivity contribution in [3.63, 3.8) is 0 Å². The van der Waals surface area contributed by atoms with E-state index in [-0.39, 0.29) is 5.46 Å². The molecule has 0 aliphatic carbocycles. The van der Waals surface area contributed by atoms with E-state index in [2.05, 4.69) is 0 Å². The molecule has 0 atom stereocenters. The van der Waals surface area contributed by atoms with Crippen LogP contribution < -0.4 is 5.46 Å². The largest absolute Gasteiger partial charge is 0.415 e. The average Bonchev–Trinajstić information content (AvgIpc) is 1.92. The van der Waals surface area contributed by atoms with Crippen LogP contribution in [0.1, 0.15) is 11.1 Å². The molecule has 0 unspecified atom stereocenters. The molecule has 0 N–H and O–H groups in total. The monoisotopic (exact) mass is 170 g/mol. The fourth-order valence-electron chi connectivity index (χ4n) is 0.916. The number of aryl methyl sites for hydroxylation is 1. The van der Waals surface area contributed by atoms with Gasteiger partial charge in [0.15, 0.2) is 0 Å². The molecule has 12 heavy (non-hydrogen) atoms. The summed E-state index contributed by atoms with van der Waals surface area (Å²) in [6.07, 6.45) is -4.35. The molecule has 0 aliphatic rings. The third-order valence-electron chi connectivity index (χ3n) is 1.51. The summed E-state index contributed by atoms with van der Waals surface area (Å²) in [4.78, 5) is 0. The van der Waals surface area contributed by atoms with Gasteiger partial charge in [0.25, 0.3) is 0 Å². The minimum absolute atomic E-state index is 0.229. The van der Waals surface area contributed by atoms with Crippen LogP contribution in [0, 0.1) is 6.92 Å². The molecule has 4 heteroatoms. The second kappa shape index (κ2) is 2.85. The molecular formula is C8H6BF3. The minimum Gasteiger partial charge on any atom is -0.166 e. The normalized spacial score (nSPS) is 11.7. The van der Waals surface area contributed by atoms with Crippen molar-refractivity contribution in [2.75, 3.05) is 0 Å². The molecule has 62 valence electrons. The van der Waals surface area contributed by atoms with Crippen molar-refractivity contribution in [1.29, 1.82) is 0 Å². The van der Waals surface area contributed by atoms with Gasteiger partial charge in [0.05, 0.1) is 0 Å². The first-order valence-corrected chi connectivity index (χ1v) is 3.34. The van der Waals surface area contributed by atoms with Crippen molar-refractivity contribution in [1.82, 2.24) is 0 Å². The van der Waals surface area contributed by atoms with E-state index in [9.17, 15) is 13.2 Å². The van der Waals surface area contributed by atoms with Gasteiger partial charge < -0.3 is 0 Å². The summed E-state index contributed by atoms with van der Waals surface area (Å²) < 4.78 is 36.4. The minimum atomic E-state index is -4.35. The fraction of sp³-hybridized carbons (Fsp3) is 0.250. The molecule has 2 radical (unpaired) electrons. The lowest BCUT2D eigenvalue weighted by Crippen LogP contribution is -2.19. The van der Waals surface area contributed by atoms with Crippen LogP contribution in [0.5, 0.6) is 0 Å². The summed E-state index contributed by atoms with van der Waals surface area (Å²) in [7, 11) is 5.16. The fourth-order valence-corrected chi connectivity index (χ4v) is 0.916. The highest BCUT2D eigenvalue weighted by atomic mass is 19.4. The summed E-state index contributed by atoms with van der Waals surface area (Å²) in [6, 6.07) is 3.85. The number of alkyl halides is 3. The molecule has 1 aromatic carbocycles. The van der Waals surface area contributed by atoms with Gasteiger partial charge >= 0.3 is 6.18 Å². The van der Waals surface area contributed by atoms with E-state index in [0.29, 0.717) is 5.56 Å². The zero-order valence-electron chi connectivity index (χ0n) is 6.44.